The van der Waals surface area contributed by atoms with Gasteiger partial charge >= 0.3 is 0 Å². The Hall–Kier alpha value is -1.36. The predicted octanol–water partition coefficient (Wildman–Crippen LogP) is 4.62. The van der Waals surface area contributed by atoms with Crippen LogP contribution in [0.2, 0.25) is 0 Å². The Morgan fingerprint density at radius 1 is 1.16 bits per heavy atom. The number of para-hydroxylation sites is 1. The van der Waals surface area contributed by atoms with Crippen molar-refractivity contribution in [2.75, 3.05) is 24.5 Å². The van der Waals surface area contributed by atoms with Gasteiger partial charge in [-0.1, -0.05) is 31.2 Å². The van der Waals surface area contributed by atoms with Crippen LogP contribution in [0.25, 0.3) is 0 Å². The summed E-state index contributed by atoms with van der Waals surface area (Å²) in [4.78, 5) is 18.5. The Balaban J connectivity index is 0.00000225. The summed E-state index contributed by atoms with van der Waals surface area (Å²) in [5.41, 5.74) is 1.04. The first kappa shape index (κ1) is 20.0. The van der Waals surface area contributed by atoms with Gasteiger partial charge in [0.2, 0.25) is 5.91 Å². The van der Waals surface area contributed by atoms with Crippen molar-refractivity contribution < 1.29 is 4.79 Å². The van der Waals surface area contributed by atoms with Gasteiger partial charge < -0.3 is 9.80 Å². The number of nitrogens with zero attached hydrogens (tertiary/aromatic N) is 2. The van der Waals surface area contributed by atoms with Crippen molar-refractivity contribution in [3.8, 4) is 0 Å². The molecule has 0 atom stereocenters. The van der Waals surface area contributed by atoms with E-state index in [1.165, 1.54) is 4.88 Å². The molecule has 3 nitrogen and oxygen atoms in total. The van der Waals surface area contributed by atoms with Gasteiger partial charge in [-0.05, 0) is 42.8 Å². The SMILES string of the molecule is CCC(=O)N(c1ccccc1)C1CCN(CCc2cccs2)CC1.Cl. The summed E-state index contributed by atoms with van der Waals surface area (Å²) in [6, 6.07) is 14.8. The summed E-state index contributed by atoms with van der Waals surface area (Å²) in [5.74, 6) is 0.234. The zero-order valence-electron chi connectivity index (χ0n) is 14.8. The topological polar surface area (TPSA) is 23.6 Å². The van der Waals surface area contributed by atoms with E-state index >= 15 is 0 Å². The smallest absolute Gasteiger partial charge is 0.226 e. The van der Waals surface area contributed by atoms with Crippen LogP contribution in [-0.4, -0.2) is 36.5 Å². The standard InChI is InChI=1S/C20H26N2OS.ClH/c1-2-20(23)22(17-7-4-3-5-8-17)18-10-13-21(14-11-18)15-12-19-9-6-16-24-19;/h3-9,16,18H,2,10-15H2,1H3;1H. The number of carbonyl (C=O) groups excluding carboxylic acids is 1. The Kier molecular flexibility index (Phi) is 7.94. The van der Waals surface area contributed by atoms with Crippen molar-refractivity contribution in [2.24, 2.45) is 0 Å². The second-order valence-electron chi connectivity index (χ2n) is 6.36. The fourth-order valence-corrected chi connectivity index (χ4v) is 4.14. The Labute approximate surface area is 161 Å². The summed E-state index contributed by atoms with van der Waals surface area (Å²) < 4.78 is 0. The van der Waals surface area contributed by atoms with Crippen LogP contribution in [0.4, 0.5) is 5.69 Å². The van der Waals surface area contributed by atoms with E-state index in [0.717, 1.165) is 44.6 Å². The summed E-state index contributed by atoms with van der Waals surface area (Å²) >= 11 is 1.84. The van der Waals surface area contributed by atoms with Crippen LogP contribution in [0.3, 0.4) is 0 Å². The molecule has 1 amide bonds. The van der Waals surface area contributed by atoms with E-state index in [2.05, 4.69) is 34.5 Å². The van der Waals surface area contributed by atoms with Gasteiger partial charge in [0.1, 0.15) is 0 Å². The van der Waals surface area contributed by atoms with E-state index in [-0.39, 0.29) is 18.3 Å². The molecule has 0 unspecified atom stereocenters. The average molecular weight is 379 g/mol. The number of hydrogen-bond donors (Lipinski definition) is 0. The monoisotopic (exact) mass is 378 g/mol. The molecule has 1 saturated heterocycles. The summed E-state index contributed by atoms with van der Waals surface area (Å²) in [6.45, 7) is 5.24. The normalized spacial score (nSPS) is 15.6. The van der Waals surface area contributed by atoms with Gasteiger partial charge in [0.15, 0.2) is 0 Å². The molecule has 0 aliphatic carbocycles. The number of hydrogen-bond acceptors (Lipinski definition) is 3. The van der Waals surface area contributed by atoms with Crippen LogP contribution in [0.15, 0.2) is 47.8 Å². The number of thiophene rings is 1. The van der Waals surface area contributed by atoms with Crippen molar-refractivity contribution in [3.05, 3.63) is 52.7 Å². The number of likely N-dealkylation sites (tertiary alicyclic amines) is 1. The second kappa shape index (κ2) is 9.95. The summed E-state index contributed by atoms with van der Waals surface area (Å²) in [6.07, 6.45) is 3.82. The van der Waals surface area contributed by atoms with Crippen LogP contribution in [0, 0.1) is 0 Å². The number of halogens is 1. The molecule has 25 heavy (non-hydrogen) atoms. The van der Waals surface area contributed by atoms with Crippen LogP contribution >= 0.6 is 23.7 Å². The lowest BCUT2D eigenvalue weighted by Gasteiger charge is -2.38. The maximum absolute atomic E-state index is 12.5. The molecule has 0 spiro atoms. The lowest BCUT2D eigenvalue weighted by Crippen LogP contribution is -2.47. The van der Waals surface area contributed by atoms with Gasteiger partial charge in [-0.2, -0.15) is 0 Å². The van der Waals surface area contributed by atoms with Crippen LogP contribution in [0.5, 0.6) is 0 Å². The molecule has 1 fully saturated rings. The Morgan fingerprint density at radius 3 is 2.48 bits per heavy atom. The van der Waals surface area contributed by atoms with Crippen LogP contribution in [-0.2, 0) is 11.2 Å². The van der Waals surface area contributed by atoms with E-state index in [1.54, 1.807) is 0 Å². The third-order valence-corrected chi connectivity index (χ3v) is 5.72. The first-order valence-corrected chi connectivity index (χ1v) is 9.77. The van der Waals surface area contributed by atoms with E-state index in [1.807, 2.05) is 41.4 Å². The van der Waals surface area contributed by atoms with Crippen molar-refractivity contribution in [3.63, 3.8) is 0 Å². The first-order valence-electron chi connectivity index (χ1n) is 8.89. The second-order valence-corrected chi connectivity index (χ2v) is 7.39. The number of rotatable bonds is 6. The number of anilines is 1. The van der Waals surface area contributed by atoms with Crippen molar-refractivity contribution in [1.82, 2.24) is 4.90 Å². The van der Waals surface area contributed by atoms with E-state index in [4.69, 9.17) is 0 Å². The van der Waals surface area contributed by atoms with Gasteiger partial charge in [0.25, 0.3) is 0 Å². The van der Waals surface area contributed by atoms with Gasteiger partial charge in [0, 0.05) is 42.7 Å². The molecule has 1 aliphatic heterocycles. The number of carbonyl (C=O) groups is 1. The van der Waals surface area contributed by atoms with Crippen LogP contribution in [0.1, 0.15) is 31.1 Å². The van der Waals surface area contributed by atoms with Crippen molar-refractivity contribution in [2.45, 2.75) is 38.6 Å². The largest absolute Gasteiger partial charge is 0.309 e. The first-order chi connectivity index (χ1) is 11.8. The van der Waals surface area contributed by atoms with Crippen LogP contribution < -0.4 is 4.90 Å². The summed E-state index contributed by atoms with van der Waals surface area (Å²) in [7, 11) is 0. The maximum atomic E-state index is 12.5. The molecule has 0 radical (unpaired) electrons. The zero-order valence-corrected chi connectivity index (χ0v) is 16.4. The zero-order chi connectivity index (χ0) is 16.8. The highest BCUT2D eigenvalue weighted by atomic mass is 35.5. The lowest BCUT2D eigenvalue weighted by molar-refractivity contribution is -0.119. The predicted molar refractivity (Wildman–Crippen MR) is 109 cm³/mol. The van der Waals surface area contributed by atoms with E-state index in [9.17, 15) is 4.79 Å². The van der Waals surface area contributed by atoms with Crippen molar-refractivity contribution >= 4 is 35.3 Å². The van der Waals surface area contributed by atoms with Gasteiger partial charge in [-0.15, -0.1) is 23.7 Å². The average Bonchev–Trinajstić information content (AvgIpc) is 3.15. The molecule has 1 aromatic carbocycles. The third-order valence-electron chi connectivity index (χ3n) is 4.78. The van der Waals surface area contributed by atoms with Gasteiger partial charge in [0.05, 0.1) is 0 Å². The molecule has 0 N–H and O–H groups in total. The molecule has 1 aliphatic rings. The van der Waals surface area contributed by atoms with Gasteiger partial charge in [-0.25, -0.2) is 0 Å². The molecule has 3 rings (SSSR count). The minimum Gasteiger partial charge on any atom is -0.309 e. The fraction of sp³-hybridized carbons (Fsp3) is 0.450. The maximum Gasteiger partial charge on any atom is 0.226 e. The molecule has 2 heterocycles. The molecular formula is C20H27ClN2OS. The lowest BCUT2D eigenvalue weighted by atomic mass is 10.0. The number of benzene rings is 1. The highest BCUT2D eigenvalue weighted by Gasteiger charge is 2.28. The Morgan fingerprint density at radius 2 is 1.88 bits per heavy atom. The molecular weight excluding hydrogens is 352 g/mol. The fourth-order valence-electron chi connectivity index (χ4n) is 3.44. The van der Waals surface area contributed by atoms with E-state index < -0.39 is 0 Å². The minimum atomic E-state index is 0. The highest BCUT2D eigenvalue weighted by Crippen LogP contribution is 2.24. The number of amides is 1. The molecule has 136 valence electrons. The minimum absolute atomic E-state index is 0. The molecule has 2 aromatic rings. The quantitative estimate of drug-likeness (QED) is 0.732. The highest BCUT2D eigenvalue weighted by molar-refractivity contribution is 7.09. The van der Waals surface area contributed by atoms with E-state index in [0.29, 0.717) is 12.5 Å². The van der Waals surface area contributed by atoms with Gasteiger partial charge in [-0.3, -0.25) is 4.79 Å². The summed E-state index contributed by atoms with van der Waals surface area (Å²) in [5, 5.41) is 2.15. The molecule has 1 aromatic heterocycles. The third kappa shape index (κ3) is 5.30. The molecule has 0 bridgehead atoms. The molecule has 0 saturated carbocycles. The molecule has 5 heteroatoms. The number of piperidine rings is 1. The van der Waals surface area contributed by atoms with Crippen molar-refractivity contribution in [1.29, 1.82) is 0 Å². The Bertz CT molecular complexity index is 624.